The Morgan fingerprint density at radius 3 is 3.00 bits per heavy atom. The molecule has 0 radical (unpaired) electrons. The smallest absolute Gasteiger partial charge is 0.355 e. The molecule has 3 nitrogen and oxygen atoms in total. The van der Waals surface area contributed by atoms with Crippen LogP contribution in [0.15, 0.2) is 18.3 Å². The van der Waals surface area contributed by atoms with Crippen molar-refractivity contribution in [2.75, 3.05) is 5.33 Å². The van der Waals surface area contributed by atoms with Crippen LogP contribution in [0.25, 0.3) is 6.08 Å². The summed E-state index contributed by atoms with van der Waals surface area (Å²) in [6.07, 6.45) is 6.15. The summed E-state index contributed by atoms with van der Waals surface area (Å²) in [5.74, 6) is -0.992. The lowest BCUT2D eigenvalue weighted by atomic mass is 10.1. The Morgan fingerprint density at radius 2 is 2.40 bits per heavy atom. The fraction of sp³-hybridized carbons (Fsp3) is 0.273. The number of rotatable bonds is 4. The zero-order valence-corrected chi connectivity index (χ0v) is 9.99. The highest BCUT2D eigenvalue weighted by Crippen LogP contribution is 2.11. The third-order valence-electron chi connectivity index (χ3n) is 1.83. The van der Waals surface area contributed by atoms with Crippen molar-refractivity contribution >= 4 is 28.0 Å². The molecule has 80 valence electrons. The van der Waals surface area contributed by atoms with Gasteiger partial charge in [0.1, 0.15) is 0 Å². The molecule has 0 saturated carbocycles. The first kappa shape index (κ1) is 11.9. The second kappa shape index (κ2) is 5.66. The van der Waals surface area contributed by atoms with Crippen molar-refractivity contribution in [2.45, 2.75) is 13.3 Å². The molecule has 0 bridgehead atoms. The number of carboxylic acids is 1. The maximum absolute atomic E-state index is 10.9. The Bertz CT molecular complexity index is 388. The van der Waals surface area contributed by atoms with Gasteiger partial charge in [-0.15, -0.1) is 0 Å². The number of hydrogen-bond acceptors (Lipinski definition) is 2. The summed E-state index contributed by atoms with van der Waals surface area (Å²) < 4.78 is 0. The molecular formula is C11H12BrNO2. The van der Waals surface area contributed by atoms with Gasteiger partial charge >= 0.3 is 5.97 Å². The number of alkyl halides is 1. The summed E-state index contributed by atoms with van der Waals surface area (Å²) in [7, 11) is 0. The van der Waals surface area contributed by atoms with Gasteiger partial charge in [0.05, 0.1) is 0 Å². The van der Waals surface area contributed by atoms with Gasteiger partial charge in [-0.05, 0) is 25.0 Å². The third-order valence-corrected chi connectivity index (χ3v) is 2.29. The highest BCUT2D eigenvalue weighted by Gasteiger charge is 2.08. The van der Waals surface area contributed by atoms with Crippen LogP contribution >= 0.6 is 15.9 Å². The number of aromatic carboxylic acids is 1. The van der Waals surface area contributed by atoms with Crippen molar-refractivity contribution < 1.29 is 9.90 Å². The van der Waals surface area contributed by atoms with E-state index in [2.05, 4.69) is 20.9 Å². The van der Waals surface area contributed by atoms with Crippen LogP contribution < -0.4 is 0 Å². The quantitative estimate of drug-likeness (QED) is 0.856. The summed E-state index contributed by atoms with van der Waals surface area (Å²) in [5.41, 5.74) is 1.72. The van der Waals surface area contributed by atoms with Crippen LogP contribution in [0.2, 0.25) is 0 Å². The minimum atomic E-state index is -0.992. The van der Waals surface area contributed by atoms with E-state index in [1.54, 1.807) is 12.3 Å². The number of halogens is 1. The molecule has 0 unspecified atom stereocenters. The topological polar surface area (TPSA) is 50.2 Å². The van der Waals surface area contributed by atoms with Crippen molar-refractivity contribution in [1.29, 1.82) is 0 Å². The number of hydrogen-bond donors (Lipinski definition) is 1. The third kappa shape index (κ3) is 3.47. The van der Waals surface area contributed by atoms with E-state index in [0.717, 1.165) is 17.3 Å². The zero-order valence-electron chi connectivity index (χ0n) is 8.40. The number of aryl methyl sites for hydroxylation is 1. The fourth-order valence-electron chi connectivity index (χ4n) is 1.17. The summed E-state index contributed by atoms with van der Waals surface area (Å²) in [6.45, 7) is 1.89. The number of aromatic nitrogens is 1. The number of pyridine rings is 1. The summed E-state index contributed by atoms with van der Waals surface area (Å²) >= 11 is 3.30. The van der Waals surface area contributed by atoms with Gasteiger partial charge in [-0.2, -0.15) is 0 Å². The summed E-state index contributed by atoms with van der Waals surface area (Å²) in [5, 5.41) is 9.77. The molecule has 0 aliphatic heterocycles. The SMILES string of the molecule is Cc1cnc(C(=O)O)c(C=CCCBr)c1. The minimum absolute atomic E-state index is 0.103. The van der Waals surface area contributed by atoms with Crippen LogP contribution in [0.3, 0.4) is 0 Å². The Morgan fingerprint density at radius 1 is 1.67 bits per heavy atom. The molecule has 1 N–H and O–H groups in total. The Balaban J connectivity index is 3.02. The molecule has 0 atom stereocenters. The number of carboxylic acid groups (broad SMARTS) is 1. The van der Waals surface area contributed by atoms with Crippen LogP contribution in [0, 0.1) is 6.92 Å². The van der Waals surface area contributed by atoms with E-state index in [9.17, 15) is 4.79 Å². The average Bonchev–Trinajstić information content (AvgIpc) is 2.18. The van der Waals surface area contributed by atoms with Gasteiger partial charge < -0.3 is 5.11 Å². The van der Waals surface area contributed by atoms with Crippen LogP contribution in [-0.4, -0.2) is 21.4 Å². The molecule has 0 aromatic carbocycles. The molecule has 1 aromatic heterocycles. The van der Waals surface area contributed by atoms with Crippen LogP contribution in [0.5, 0.6) is 0 Å². The fourth-order valence-corrected chi connectivity index (χ4v) is 1.44. The number of allylic oxidation sites excluding steroid dienone is 1. The summed E-state index contributed by atoms with van der Waals surface area (Å²) in [6, 6.07) is 1.82. The lowest BCUT2D eigenvalue weighted by Gasteiger charge is -2.01. The molecule has 1 aromatic rings. The van der Waals surface area contributed by atoms with Crippen molar-refractivity contribution in [2.24, 2.45) is 0 Å². The molecule has 15 heavy (non-hydrogen) atoms. The molecule has 0 amide bonds. The van der Waals surface area contributed by atoms with Gasteiger partial charge in [0, 0.05) is 17.1 Å². The Labute approximate surface area is 97.0 Å². The van der Waals surface area contributed by atoms with E-state index >= 15 is 0 Å². The van der Waals surface area contributed by atoms with E-state index in [0.29, 0.717) is 5.56 Å². The Hall–Kier alpha value is -1.16. The lowest BCUT2D eigenvalue weighted by Crippen LogP contribution is -2.03. The van der Waals surface area contributed by atoms with Gasteiger partial charge in [0.15, 0.2) is 5.69 Å². The van der Waals surface area contributed by atoms with E-state index in [1.807, 2.05) is 19.1 Å². The molecule has 1 heterocycles. The lowest BCUT2D eigenvalue weighted by molar-refractivity contribution is 0.0690. The van der Waals surface area contributed by atoms with Gasteiger partial charge in [-0.25, -0.2) is 9.78 Å². The molecule has 0 spiro atoms. The second-order valence-electron chi connectivity index (χ2n) is 3.14. The number of carbonyl (C=O) groups is 1. The predicted octanol–water partition coefficient (Wildman–Crippen LogP) is 2.89. The monoisotopic (exact) mass is 269 g/mol. The molecular weight excluding hydrogens is 258 g/mol. The zero-order chi connectivity index (χ0) is 11.3. The largest absolute Gasteiger partial charge is 0.476 e. The average molecular weight is 270 g/mol. The molecule has 4 heteroatoms. The van der Waals surface area contributed by atoms with Gasteiger partial charge in [0.25, 0.3) is 0 Å². The molecule has 0 fully saturated rings. The minimum Gasteiger partial charge on any atom is -0.476 e. The van der Waals surface area contributed by atoms with Gasteiger partial charge in [-0.3, -0.25) is 0 Å². The second-order valence-corrected chi connectivity index (χ2v) is 3.93. The summed E-state index contributed by atoms with van der Waals surface area (Å²) in [4.78, 5) is 14.8. The number of nitrogens with zero attached hydrogens (tertiary/aromatic N) is 1. The highest BCUT2D eigenvalue weighted by molar-refractivity contribution is 9.09. The van der Waals surface area contributed by atoms with Crippen molar-refractivity contribution in [3.05, 3.63) is 35.2 Å². The van der Waals surface area contributed by atoms with Crippen molar-refractivity contribution in [3.63, 3.8) is 0 Å². The molecule has 0 saturated heterocycles. The maximum Gasteiger partial charge on any atom is 0.355 e. The van der Waals surface area contributed by atoms with E-state index in [1.165, 1.54) is 0 Å². The van der Waals surface area contributed by atoms with E-state index in [-0.39, 0.29) is 5.69 Å². The first-order chi connectivity index (χ1) is 7.15. The van der Waals surface area contributed by atoms with E-state index in [4.69, 9.17) is 5.11 Å². The predicted molar refractivity (Wildman–Crippen MR) is 63.4 cm³/mol. The first-order valence-electron chi connectivity index (χ1n) is 4.57. The standard InChI is InChI=1S/C11H12BrNO2/c1-8-6-9(4-2-3-5-12)10(11(14)15)13-7-8/h2,4,6-7H,3,5H2,1H3,(H,14,15). The Kier molecular flexibility index (Phi) is 4.49. The molecule has 1 rings (SSSR count). The maximum atomic E-state index is 10.9. The van der Waals surface area contributed by atoms with Crippen LogP contribution in [0.4, 0.5) is 0 Å². The molecule has 0 aliphatic carbocycles. The van der Waals surface area contributed by atoms with Crippen molar-refractivity contribution in [3.8, 4) is 0 Å². The molecule has 0 aliphatic rings. The van der Waals surface area contributed by atoms with Gasteiger partial charge in [-0.1, -0.05) is 28.1 Å². The van der Waals surface area contributed by atoms with Gasteiger partial charge in [0.2, 0.25) is 0 Å². The van der Waals surface area contributed by atoms with Crippen LogP contribution in [-0.2, 0) is 0 Å². The van der Waals surface area contributed by atoms with Crippen LogP contribution in [0.1, 0.15) is 28.0 Å². The highest BCUT2D eigenvalue weighted by atomic mass is 79.9. The normalized spacial score (nSPS) is 10.8. The first-order valence-corrected chi connectivity index (χ1v) is 5.69. The van der Waals surface area contributed by atoms with Crippen molar-refractivity contribution in [1.82, 2.24) is 4.98 Å². The van der Waals surface area contributed by atoms with E-state index < -0.39 is 5.97 Å².